The molecule has 18 heavy (non-hydrogen) atoms. The van der Waals surface area contributed by atoms with Crippen LogP contribution in [0.5, 0.6) is 0 Å². The molecule has 0 aromatic rings. The van der Waals surface area contributed by atoms with E-state index in [0.29, 0.717) is 0 Å². The Hall–Kier alpha value is 0.790. The number of hydrogen-bond donors (Lipinski definition) is 0. The molecule has 3 heteroatoms. The molecule has 0 aromatic heterocycles. The summed E-state index contributed by atoms with van der Waals surface area (Å²) in [5.41, 5.74) is 0. The van der Waals surface area contributed by atoms with Crippen LogP contribution in [0, 0.1) is 0 Å². The molecule has 0 aliphatic rings. The van der Waals surface area contributed by atoms with Crippen molar-refractivity contribution in [3.8, 4) is 0 Å². The maximum absolute atomic E-state index is 2.50. The van der Waals surface area contributed by atoms with E-state index in [2.05, 4.69) is 51.7 Å². The molecule has 0 fully saturated rings. The van der Waals surface area contributed by atoms with Gasteiger partial charge in [-0.05, 0) is 0 Å². The van der Waals surface area contributed by atoms with Gasteiger partial charge in [0.05, 0.1) is 0 Å². The Morgan fingerprint density at radius 2 is 1.44 bits per heavy atom. The van der Waals surface area contributed by atoms with E-state index in [4.69, 9.17) is 0 Å². The normalized spacial score (nSPS) is 11.8. The zero-order valence-corrected chi connectivity index (χ0v) is 17.0. The standard InChI is InChI=1S/C7H16N.C5H12N.C3H7.In/c1-4-6-8(3)7-5-2;1-4-5-6(2)3;1-3-2;/h1,4-7H2,2-3H3;1,4-5H2,2-3H3;3H,1-2H3;. The van der Waals surface area contributed by atoms with Gasteiger partial charge in [0, 0.05) is 0 Å². The van der Waals surface area contributed by atoms with Gasteiger partial charge in [-0.15, -0.1) is 0 Å². The number of nitrogens with zero attached hydrogens (tertiary/aromatic N) is 2. The Balaban J connectivity index is 3.76. The van der Waals surface area contributed by atoms with Crippen molar-refractivity contribution < 1.29 is 0 Å². The van der Waals surface area contributed by atoms with Crippen LogP contribution in [0.1, 0.15) is 40.0 Å². The first-order valence-corrected chi connectivity index (χ1v) is 14.4. The predicted molar refractivity (Wildman–Crippen MR) is 86.0 cm³/mol. The van der Waals surface area contributed by atoms with Crippen molar-refractivity contribution in [1.29, 1.82) is 0 Å². The minimum atomic E-state index is -1.22. The Bertz CT molecular complexity index is 183. The average molecular weight is 358 g/mol. The first-order chi connectivity index (χ1) is 8.47. The molecule has 2 nitrogen and oxygen atoms in total. The van der Waals surface area contributed by atoms with Gasteiger partial charge in [-0.1, -0.05) is 0 Å². The molecule has 0 aliphatic carbocycles. The van der Waals surface area contributed by atoms with Gasteiger partial charge in [-0.2, -0.15) is 0 Å². The molecule has 0 bridgehead atoms. The van der Waals surface area contributed by atoms with E-state index in [1.54, 1.807) is 8.35 Å². The van der Waals surface area contributed by atoms with Crippen LogP contribution in [-0.2, 0) is 0 Å². The third-order valence-electron chi connectivity index (χ3n) is 3.84. The summed E-state index contributed by atoms with van der Waals surface area (Å²) >= 11 is -1.22. The second-order valence-corrected chi connectivity index (χ2v) is 17.8. The summed E-state index contributed by atoms with van der Waals surface area (Å²) in [4.78, 5) is 4.83. The van der Waals surface area contributed by atoms with Crippen LogP contribution in [0.2, 0.25) is 12.0 Å². The minimum absolute atomic E-state index is 1.05. The second-order valence-electron chi connectivity index (χ2n) is 6.40. The first kappa shape index (κ1) is 18.8. The van der Waals surface area contributed by atoms with E-state index in [1.165, 1.54) is 38.9 Å². The van der Waals surface area contributed by atoms with Gasteiger partial charge in [0.1, 0.15) is 0 Å². The van der Waals surface area contributed by atoms with Gasteiger partial charge in [0.2, 0.25) is 0 Å². The summed E-state index contributed by atoms with van der Waals surface area (Å²) in [6.07, 6.45) is 4.18. The SMILES string of the molecule is CCCN(C)CC[CH2][In]([CH2]CCN(C)C)[CH](C)C. The van der Waals surface area contributed by atoms with E-state index in [0.717, 1.165) is 3.67 Å². The summed E-state index contributed by atoms with van der Waals surface area (Å²) in [6, 6.07) is 0. The molecule has 0 aliphatic heterocycles. The third-order valence-corrected chi connectivity index (χ3v) is 15.8. The van der Waals surface area contributed by atoms with Crippen LogP contribution in [0.15, 0.2) is 0 Å². The van der Waals surface area contributed by atoms with E-state index >= 15 is 0 Å². The predicted octanol–water partition coefficient (Wildman–Crippen LogP) is 3.57. The first-order valence-electron chi connectivity index (χ1n) is 7.80. The van der Waals surface area contributed by atoms with E-state index in [1.807, 2.05) is 0 Å². The van der Waals surface area contributed by atoms with Crippen molar-refractivity contribution in [1.82, 2.24) is 9.80 Å². The molecular weight excluding hydrogens is 323 g/mol. The Morgan fingerprint density at radius 3 is 1.89 bits per heavy atom. The zero-order valence-electron chi connectivity index (χ0n) is 13.7. The molecule has 0 N–H and O–H groups in total. The fourth-order valence-corrected chi connectivity index (χ4v) is 11.3. The molecule has 0 saturated heterocycles. The monoisotopic (exact) mass is 358 g/mol. The van der Waals surface area contributed by atoms with Crippen LogP contribution < -0.4 is 0 Å². The summed E-state index contributed by atoms with van der Waals surface area (Å²) in [5.74, 6) is 0. The van der Waals surface area contributed by atoms with Crippen LogP contribution >= 0.6 is 0 Å². The maximum atomic E-state index is 2.50. The van der Waals surface area contributed by atoms with Crippen LogP contribution in [0.4, 0.5) is 0 Å². The fourth-order valence-electron chi connectivity index (χ4n) is 2.60. The van der Waals surface area contributed by atoms with Gasteiger partial charge in [-0.3, -0.25) is 0 Å². The molecule has 0 amide bonds. The average Bonchev–Trinajstić information content (AvgIpc) is 2.26. The van der Waals surface area contributed by atoms with Crippen LogP contribution in [0.25, 0.3) is 0 Å². The quantitative estimate of drug-likeness (QED) is 0.557. The van der Waals surface area contributed by atoms with E-state index in [-0.39, 0.29) is 0 Å². The molecular formula is C15H35InN2. The van der Waals surface area contributed by atoms with Crippen molar-refractivity contribution in [2.45, 2.75) is 52.1 Å². The molecule has 0 spiro atoms. The Kier molecular flexibility index (Phi) is 12.1. The fraction of sp³-hybridized carbons (Fsp3) is 1.00. The van der Waals surface area contributed by atoms with Crippen LogP contribution in [-0.4, -0.2) is 72.0 Å². The summed E-state index contributed by atoms with van der Waals surface area (Å²) in [5, 5.41) is 0. The molecule has 0 rings (SSSR count). The second kappa shape index (κ2) is 11.6. The van der Waals surface area contributed by atoms with Gasteiger partial charge in [0.25, 0.3) is 0 Å². The Morgan fingerprint density at radius 1 is 0.889 bits per heavy atom. The van der Waals surface area contributed by atoms with Gasteiger partial charge < -0.3 is 0 Å². The van der Waals surface area contributed by atoms with E-state index in [9.17, 15) is 0 Å². The van der Waals surface area contributed by atoms with Crippen molar-refractivity contribution in [2.24, 2.45) is 0 Å². The van der Waals surface area contributed by atoms with Crippen molar-refractivity contribution in [3.63, 3.8) is 0 Å². The van der Waals surface area contributed by atoms with Crippen molar-refractivity contribution >= 4 is 21.4 Å². The molecule has 0 atom stereocenters. The van der Waals surface area contributed by atoms with Crippen LogP contribution in [0.3, 0.4) is 0 Å². The van der Waals surface area contributed by atoms with Gasteiger partial charge >= 0.3 is 124 Å². The third kappa shape index (κ3) is 10.7. The summed E-state index contributed by atoms with van der Waals surface area (Å²) < 4.78 is 4.26. The van der Waals surface area contributed by atoms with Crippen molar-refractivity contribution in [3.05, 3.63) is 0 Å². The van der Waals surface area contributed by atoms with Gasteiger partial charge in [0.15, 0.2) is 0 Å². The number of rotatable bonds is 11. The summed E-state index contributed by atoms with van der Waals surface area (Å²) in [7, 11) is 6.66. The zero-order chi connectivity index (χ0) is 14.0. The molecule has 0 saturated carbocycles. The molecule has 0 unspecified atom stereocenters. The summed E-state index contributed by atoms with van der Waals surface area (Å²) in [6.45, 7) is 11.1. The molecule has 0 aromatic carbocycles. The molecule has 0 heterocycles. The van der Waals surface area contributed by atoms with Gasteiger partial charge in [-0.25, -0.2) is 0 Å². The molecule has 108 valence electrons. The number of hydrogen-bond acceptors (Lipinski definition) is 2. The van der Waals surface area contributed by atoms with Crippen molar-refractivity contribution in [2.75, 3.05) is 40.8 Å². The molecule has 0 radical (unpaired) electrons. The van der Waals surface area contributed by atoms with E-state index < -0.39 is 21.4 Å². The topological polar surface area (TPSA) is 6.48 Å². The Labute approximate surface area is 124 Å².